The van der Waals surface area contributed by atoms with Crippen LogP contribution in [0.15, 0.2) is 78.0 Å². The van der Waals surface area contributed by atoms with Gasteiger partial charge in [0.05, 0.1) is 25.0 Å². The maximum absolute atomic E-state index is 13.2. The molecule has 0 atom stereocenters. The second-order valence-electron chi connectivity index (χ2n) is 8.32. The van der Waals surface area contributed by atoms with Crippen molar-refractivity contribution < 1.29 is 33.3 Å². The van der Waals surface area contributed by atoms with Gasteiger partial charge in [-0.25, -0.2) is 4.39 Å². The van der Waals surface area contributed by atoms with Gasteiger partial charge >= 0.3 is 5.97 Å². The molecule has 0 radical (unpaired) electrons. The number of aliphatic carboxylic acids is 1. The second-order valence-corrected chi connectivity index (χ2v) is 8.32. The summed E-state index contributed by atoms with van der Waals surface area (Å²) in [5.74, 6) is 0.184. The summed E-state index contributed by atoms with van der Waals surface area (Å²) in [5, 5.41) is 13.2. The van der Waals surface area contributed by atoms with Gasteiger partial charge in [0.25, 0.3) is 0 Å². The molecular formula is C27H26FNO6. The van der Waals surface area contributed by atoms with E-state index in [0.29, 0.717) is 42.6 Å². The summed E-state index contributed by atoms with van der Waals surface area (Å²) < 4.78 is 30.1. The summed E-state index contributed by atoms with van der Waals surface area (Å²) in [5.41, 5.74) is 2.70. The van der Waals surface area contributed by atoms with E-state index in [9.17, 15) is 14.3 Å². The molecule has 0 unspecified atom stereocenters. The average molecular weight is 480 g/mol. The van der Waals surface area contributed by atoms with Crippen LogP contribution in [0.5, 0.6) is 11.5 Å². The molecule has 35 heavy (non-hydrogen) atoms. The van der Waals surface area contributed by atoms with Crippen LogP contribution in [0.25, 0.3) is 0 Å². The van der Waals surface area contributed by atoms with Gasteiger partial charge in [-0.3, -0.25) is 4.79 Å². The van der Waals surface area contributed by atoms with E-state index in [4.69, 9.17) is 19.0 Å². The van der Waals surface area contributed by atoms with Crippen molar-refractivity contribution in [1.29, 1.82) is 0 Å². The molecule has 0 saturated carbocycles. The maximum atomic E-state index is 13.2. The summed E-state index contributed by atoms with van der Waals surface area (Å²) >= 11 is 0. The lowest BCUT2D eigenvalue weighted by atomic mass is 9.76. The van der Waals surface area contributed by atoms with Crippen LogP contribution < -0.4 is 9.47 Å². The lowest BCUT2D eigenvalue weighted by molar-refractivity contribution is -0.145. The zero-order valence-electron chi connectivity index (χ0n) is 19.3. The number of halogens is 1. The Morgan fingerprint density at radius 3 is 2.17 bits per heavy atom. The Labute approximate surface area is 202 Å². The Morgan fingerprint density at radius 1 is 0.971 bits per heavy atom. The minimum absolute atomic E-state index is 0.0460. The van der Waals surface area contributed by atoms with Crippen molar-refractivity contribution in [3.8, 4) is 11.5 Å². The van der Waals surface area contributed by atoms with Gasteiger partial charge < -0.3 is 24.2 Å². The normalized spacial score (nSPS) is 14.6. The topological polar surface area (TPSA) is 86.6 Å². The van der Waals surface area contributed by atoms with Crippen molar-refractivity contribution >= 4 is 11.7 Å². The monoisotopic (exact) mass is 479 g/mol. The molecule has 0 spiro atoms. The van der Waals surface area contributed by atoms with Gasteiger partial charge in [0.15, 0.2) is 0 Å². The molecule has 1 aliphatic rings. The average Bonchev–Trinajstić information content (AvgIpc) is 2.84. The lowest BCUT2D eigenvalue weighted by Gasteiger charge is -2.40. The molecule has 8 heteroatoms. The fourth-order valence-electron chi connectivity index (χ4n) is 3.83. The first-order valence-corrected chi connectivity index (χ1v) is 11.1. The molecule has 3 aromatic carbocycles. The van der Waals surface area contributed by atoms with Gasteiger partial charge in [-0.05, 0) is 59.7 Å². The largest absolute Gasteiger partial charge is 0.489 e. The maximum Gasteiger partial charge on any atom is 0.304 e. The van der Waals surface area contributed by atoms with Crippen molar-refractivity contribution in [2.75, 3.05) is 26.9 Å². The number of rotatable bonds is 11. The number of oxime groups is 1. The van der Waals surface area contributed by atoms with Crippen LogP contribution in [0.4, 0.5) is 4.39 Å². The smallest absolute Gasteiger partial charge is 0.304 e. The fourth-order valence-corrected chi connectivity index (χ4v) is 3.83. The number of hydrogen-bond acceptors (Lipinski definition) is 6. The highest BCUT2D eigenvalue weighted by Gasteiger charge is 2.42. The molecule has 1 aliphatic heterocycles. The third-order valence-electron chi connectivity index (χ3n) is 5.80. The molecule has 3 aromatic rings. The first kappa shape index (κ1) is 24.2. The first-order chi connectivity index (χ1) is 17.0. The standard InChI is InChI=1S/C27H26FNO6/c1-32-29-25(20-4-8-22(28)9-5-20)16-35-23-10-2-19(3-11-23)15-34-24-12-6-21(7-13-24)27(14-26(30)31)17-33-18-27/h2-13H,14-18H2,1H3,(H,30,31). The van der Waals surface area contributed by atoms with Crippen LogP contribution >= 0.6 is 0 Å². The zero-order valence-corrected chi connectivity index (χ0v) is 19.3. The highest BCUT2D eigenvalue weighted by molar-refractivity contribution is 6.01. The number of carboxylic acid groups (broad SMARTS) is 1. The summed E-state index contributed by atoms with van der Waals surface area (Å²) in [6, 6.07) is 20.9. The van der Waals surface area contributed by atoms with Crippen LogP contribution in [-0.2, 0) is 26.4 Å². The zero-order chi connectivity index (χ0) is 24.7. The molecular weight excluding hydrogens is 453 g/mol. The molecule has 1 fully saturated rings. The van der Waals surface area contributed by atoms with Crippen LogP contribution in [0, 0.1) is 5.82 Å². The third-order valence-corrected chi connectivity index (χ3v) is 5.80. The molecule has 0 amide bonds. The molecule has 1 N–H and O–H groups in total. The Kier molecular flexibility index (Phi) is 7.62. The van der Waals surface area contributed by atoms with E-state index in [2.05, 4.69) is 5.16 Å². The minimum Gasteiger partial charge on any atom is -0.489 e. The van der Waals surface area contributed by atoms with Crippen molar-refractivity contribution in [1.82, 2.24) is 0 Å². The van der Waals surface area contributed by atoms with Crippen molar-refractivity contribution in [3.05, 3.63) is 95.3 Å². The molecule has 7 nitrogen and oxygen atoms in total. The number of carboxylic acids is 1. The summed E-state index contributed by atoms with van der Waals surface area (Å²) in [7, 11) is 1.45. The number of nitrogens with zero attached hydrogens (tertiary/aromatic N) is 1. The van der Waals surface area contributed by atoms with Gasteiger partial charge in [0, 0.05) is 5.56 Å². The van der Waals surface area contributed by atoms with Crippen molar-refractivity contribution in [2.24, 2.45) is 5.16 Å². The van der Waals surface area contributed by atoms with Gasteiger partial charge in [0.1, 0.15) is 43.4 Å². The molecule has 4 rings (SSSR count). The number of benzene rings is 3. The van der Waals surface area contributed by atoms with E-state index in [-0.39, 0.29) is 18.8 Å². The van der Waals surface area contributed by atoms with E-state index in [0.717, 1.165) is 11.1 Å². The van der Waals surface area contributed by atoms with Gasteiger partial charge in [-0.2, -0.15) is 0 Å². The molecule has 0 bridgehead atoms. The summed E-state index contributed by atoms with van der Waals surface area (Å²) in [6.07, 6.45) is 0.0460. The molecule has 182 valence electrons. The van der Waals surface area contributed by atoms with Gasteiger partial charge in [0.2, 0.25) is 0 Å². The van der Waals surface area contributed by atoms with E-state index in [1.54, 1.807) is 12.1 Å². The number of carbonyl (C=O) groups is 1. The Hall–Kier alpha value is -3.91. The Morgan fingerprint density at radius 2 is 1.60 bits per heavy atom. The third kappa shape index (κ3) is 6.16. The molecule has 1 heterocycles. The minimum atomic E-state index is -0.835. The summed E-state index contributed by atoms with van der Waals surface area (Å²) in [4.78, 5) is 16.1. The van der Waals surface area contributed by atoms with E-state index in [1.807, 2.05) is 48.5 Å². The number of hydrogen-bond donors (Lipinski definition) is 1. The fraction of sp³-hybridized carbons (Fsp3) is 0.259. The molecule has 0 aliphatic carbocycles. The first-order valence-electron chi connectivity index (χ1n) is 11.1. The van der Waals surface area contributed by atoms with E-state index < -0.39 is 11.4 Å². The van der Waals surface area contributed by atoms with Crippen LogP contribution in [0.1, 0.15) is 23.1 Å². The van der Waals surface area contributed by atoms with Crippen molar-refractivity contribution in [3.63, 3.8) is 0 Å². The van der Waals surface area contributed by atoms with Crippen LogP contribution in [0.2, 0.25) is 0 Å². The van der Waals surface area contributed by atoms with Gasteiger partial charge in [-0.15, -0.1) is 0 Å². The predicted octanol–water partition coefficient (Wildman–Crippen LogP) is 4.58. The Balaban J connectivity index is 1.30. The quantitative estimate of drug-likeness (QED) is 0.320. The van der Waals surface area contributed by atoms with E-state index >= 15 is 0 Å². The van der Waals surface area contributed by atoms with Crippen LogP contribution in [-0.4, -0.2) is 43.7 Å². The molecule has 0 aromatic heterocycles. The van der Waals surface area contributed by atoms with Gasteiger partial charge in [-0.1, -0.05) is 29.4 Å². The summed E-state index contributed by atoms with van der Waals surface area (Å²) in [6.45, 7) is 1.36. The second kappa shape index (κ2) is 11.0. The van der Waals surface area contributed by atoms with Crippen LogP contribution in [0.3, 0.4) is 0 Å². The highest BCUT2D eigenvalue weighted by atomic mass is 19.1. The van der Waals surface area contributed by atoms with E-state index in [1.165, 1.54) is 19.2 Å². The Bertz CT molecular complexity index is 1160. The number of ether oxygens (including phenoxy) is 3. The molecule has 1 saturated heterocycles. The SMILES string of the molecule is CON=C(COc1ccc(COc2ccc(C3(CC(=O)O)COC3)cc2)cc1)c1ccc(F)cc1. The highest BCUT2D eigenvalue weighted by Crippen LogP contribution is 2.36. The van der Waals surface area contributed by atoms with Crippen molar-refractivity contribution in [2.45, 2.75) is 18.4 Å². The lowest BCUT2D eigenvalue weighted by Crippen LogP contribution is -2.48. The predicted molar refractivity (Wildman–Crippen MR) is 127 cm³/mol.